The van der Waals surface area contributed by atoms with E-state index in [0.717, 1.165) is 69.6 Å². The van der Waals surface area contributed by atoms with Gasteiger partial charge >= 0.3 is 17.9 Å². The molecule has 0 saturated carbocycles. The van der Waals surface area contributed by atoms with E-state index in [9.17, 15) is 14.4 Å². The minimum Gasteiger partial charge on any atom is -0.462 e. The Morgan fingerprint density at radius 3 is 0.981 bits per heavy atom. The summed E-state index contributed by atoms with van der Waals surface area (Å²) >= 11 is 0. The molecule has 6 nitrogen and oxygen atoms in total. The highest BCUT2D eigenvalue weighted by atomic mass is 16.6. The molecule has 0 fully saturated rings. The summed E-state index contributed by atoms with van der Waals surface area (Å²) in [4.78, 5) is 37.6. The van der Waals surface area contributed by atoms with Crippen molar-refractivity contribution in [3.05, 3.63) is 0 Å². The van der Waals surface area contributed by atoms with E-state index >= 15 is 0 Å². The average molecular weight is 751 g/mol. The predicted molar refractivity (Wildman–Crippen MR) is 224 cm³/mol. The summed E-state index contributed by atoms with van der Waals surface area (Å²) in [6.07, 6.45) is 38.1. The second-order valence-corrected chi connectivity index (χ2v) is 16.5. The smallest absolute Gasteiger partial charge is 0.306 e. The molecule has 0 radical (unpaired) electrons. The van der Waals surface area contributed by atoms with Crippen molar-refractivity contribution in [1.29, 1.82) is 0 Å². The van der Waals surface area contributed by atoms with Crippen molar-refractivity contribution < 1.29 is 28.6 Å². The minimum atomic E-state index is -0.760. The van der Waals surface area contributed by atoms with Gasteiger partial charge in [-0.1, -0.05) is 214 Å². The average Bonchev–Trinajstić information content (AvgIpc) is 3.15. The van der Waals surface area contributed by atoms with Gasteiger partial charge in [0.05, 0.1) is 0 Å². The van der Waals surface area contributed by atoms with E-state index in [0.29, 0.717) is 19.3 Å². The van der Waals surface area contributed by atoms with Crippen LogP contribution < -0.4 is 0 Å². The van der Waals surface area contributed by atoms with Crippen LogP contribution >= 0.6 is 0 Å². The Labute approximate surface area is 329 Å². The van der Waals surface area contributed by atoms with Gasteiger partial charge in [0.25, 0.3) is 0 Å². The van der Waals surface area contributed by atoms with Crippen LogP contribution in [0.5, 0.6) is 0 Å². The third kappa shape index (κ3) is 38.5. The highest BCUT2D eigenvalue weighted by Gasteiger charge is 2.19. The second-order valence-electron chi connectivity index (χ2n) is 16.5. The number of hydrogen-bond acceptors (Lipinski definition) is 6. The Kier molecular flexibility index (Phi) is 38.9. The zero-order valence-corrected chi connectivity index (χ0v) is 36.1. The molecule has 0 heterocycles. The van der Waals surface area contributed by atoms with E-state index in [1.807, 2.05) is 0 Å². The Hall–Kier alpha value is -1.59. The molecule has 53 heavy (non-hydrogen) atoms. The van der Waals surface area contributed by atoms with Crippen LogP contribution in [0.3, 0.4) is 0 Å². The molecule has 314 valence electrons. The van der Waals surface area contributed by atoms with Gasteiger partial charge in [-0.25, -0.2) is 0 Å². The molecule has 0 bridgehead atoms. The lowest BCUT2D eigenvalue weighted by Crippen LogP contribution is -2.30. The monoisotopic (exact) mass is 751 g/mol. The summed E-state index contributed by atoms with van der Waals surface area (Å²) in [6, 6.07) is 0. The summed E-state index contributed by atoms with van der Waals surface area (Å²) in [5.41, 5.74) is 0. The van der Waals surface area contributed by atoms with Crippen LogP contribution in [0.15, 0.2) is 0 Å². The molecule has 0 aliphatic carbocycles. The fourth-order valence-electron chi connectivity index (χ4n) is 6.86. The maximum absolute atomic E-state index is 12.7. The van der Waals surface area contributed by atoms with E-state index in [4.69, 9.17) is 14.2 Å². The van der Waals surface area contributed by atoms with Crippen molar-refractivity contribution in [3.8, 4) is 0 Å². The molecule has 3 atom stereocenters. The standard InChI is InChI=1S/C47H90O6/c1-6-9-10-11-20-27-32-37-45(48)51-40-44(53-47(50)39-34-29-24-23-26-31-36-43(5)8-3)41-52-46(49)38-33-28-22-19-17-15-13-12-14-16-18-21-25-30-35-42(4)7-2/h42-44H,6-41H2,1-5H3/t42?,43?,44-/m0/s1. The molecular formula is C47H90O6. The Bertz CT molecular complexity index is 813. The van der Waals surface area contributed by atoms with Gasteiger partial charge in [0, 0.05) is 19.3 Å². The largest absolute Gasteiger partial charge is 0.462 e. The molecule has 0 aliphatic heterocycles. The van der Waals surface area contributed by atoms with Crippen LogP contribution in [0.4, 0.5) is 0 Å². The van der Waals surface area contributed by atoms with Crippen LogP contribution in [0.25, 0.3) is 0 Å². The zero-order valence-electron chi connectivity index (χ0n) is 36.1. The van der Waals surface area contributed by atoms with E-state index < -0.39 is 6.10 Å². The molecule has 0 aromatic carbocycles. The quantitative estimate of drug-likeness (QED) is 0.0352. The highest BCUT2D eigenvalue weighted by Crippen LogP contribution is 2.18. The van der Waals surface area contributed by atoms with E-state index in [1.54, 1.807) is 0 Å². The van der Waals surface area contributed by atoms with Gasteiger partial charge < -0.3 is 14.2 Å². The SMILES string of the molecule is CCCCCCCCCC(=O)OC[C@@H](COC(=O)CCCCCCCCCCCCCCCCC(C)CC)OC(=O)CCCCCCCCC(C)CC. The summed E-state index contributed by atoms with van der Waals surface area (Å²) in [6.45, 7) is 11.3. The first-order chi connectivity index (χ1) is 25.8. The van der Waals surface area contributed by atoms with Crippen molar-refractivity contribution in [2.75, 3.05) is 13.2 Å². The number of ether oxygens (including phenoxy) is 3. The van der Waals surface area contributed by atoms with Gasteiger partial charge in [0.2, 0.25) is 0 Å². The van der Waals surface area contributed by atoms with Crippen LogP contribution in [0, 0.1) is 11.8 Å². The molecule has 0 N–H and O–H groups in total. The number of hydrogen-bond donors (Lipinski definition) is 0. The van der Waals surface area contributed by atoms with Crippen molar-refractivity contribution >= 4 is 17.9 Å². The highest BCUT2D eigenvalue weighted by molar-refractivity contribution is 5.71. The Morgan fingerprint density at radius 1 is 0.377 bits per heavy atom. The summed E-state index contributed by atoms with van der Waals surface area (Å²) in [5.74, 6) is 0.840. The summed E-state index contributed by atoms with van der Waals surface area (Å²) < 4.78 is 16.7. The van der Waals surface area contributed by atoms with Crippen molar-refractivity contribution in [3.63, 3.8) is 0 Å². The molecule has 0 amide bonds. The molecule has 0 saturated heterocycles. The van der Waals surface area contributed by atoms with E-state index in [-0.39, 0.29) is 31.1 Å². The molecule has 0 aromatic rings. The number of unbranched alkanes of at least 4 members (excludes halogenated alkanes) is 24. The molecule has 2 unspecified atom stereocenters. The lowest BCUT2D eigenvalue weighted by Gasteiger charge is -2.18. The molecular weight excluding hydrogens is 661 g/mol. The minimum absolute atomic E-state index is 0.0658. The van der Waals surface area contributed by atoms with Gasteiger partial charge in [-0.2, -0.15) is 0 Å². The fraction of sp³-hybridized carbons (Fsp3) is 0.936. The summed E-state index contributed by atoms with van der Waals surface area (Å²) in [5, 5.41) is 0. The van der Waals surface area contributed by atoms with Crippen LogP contribution in [0.2, 0.25) is 0 Å². The molecule has 6 heteroatoms. The zero-order chi connectivity index (χ0) is 39.0. The lowest BCUT2D eigenvalue weighted by molar-refractivity contribution is -0.167. The fourth-order valence-corrected chi connectivity index (χ4v) is 6.86. The third-order valence-corrected chi connectivity index (χ3v) is 11.2. The maximum Gasteiger partial charge on any atom is 0.306 e. The van der Waals surface area contributed by atoms with E-state index in [2.05, 4.69) is 34.6 Å². The van der Waals surface area contributed by atoms with Gasteiger partial charge in [-0.05, 0) is 31.1 Å². The van der Waals surface area contributed by atoms with Crippen LogP contribution in [-0.2, 0) is 28.6 Å². The van der Waals surface area contributed by atoms with Crippen LogP contribution in [0.1, 0.15) is 253 Å². The van der Waals surface area contributed by atoms with Gasteiger partial charge in [-0.3, -0.25) is 14.4 Å². The van der Waals surface area contributed by atoms with Gasteiger partial charge in [0.1, 0.15) is 13.2 Å². The summed E-state index contributed by atoms with van der Waals surface area (Å²) in [7, 11) is 0. The number of carbonyl (C=O) groups is 3. The van der Waals surface area contributed by atoms with Crippen molar-refractivity contribution in [1.82, 2.24) is 0 Å². The normalized spacial score (nSPS) is 13.1. The van der Waals surface area contributed by atoms with Crippen molar-refractivity contribution in [2.24, 2.45) is 11.8 Å². The molecule has 0 spiro atoms. The second kappa shape index (κ2) is 40.1. The first-order valence-corrected chi connectivity index (χ1v) is 23.3. The Balaban J connectivity index is 4.20. The van der Waals surface area contributed by atoms with Gasteiger partial charge in [0.15, 0.2) is 6.10 Å². The van der Waals surface area contributed by atoms with Gasteiger partial charge in [-0.15, -0.1) is 0 Å². The van der Waals surface area contributed by atoms with E-state index in [1.165, 1.54) is 141 Å². The third-order valence-electron chi connectivity index (χ3n) is 11.2. The molecule has 0 aromatic heterocycles. The van der Waals surface area contributed by atoms with Crippen LogP contribution in [-0.4, -0.2) is 37.2 Å². The number of esters is 3. The predicted octanol–water partition coefficient (Wildman–Crippen LogP) is 14.6. The molecule has 0 rings (SSSR count). The Morgan fingerprint density at radius 2 is 0.660 bits per heavy atom. The number of carbonyl (C=O) groups excluding carboxylic acids is 3. The molecule has 0 aliphatic rings. The lowest BCUT2D eigenvalue weighted by atomic mass is 9.99. The maximum atomic E-state index is 12.7. The number of rotatable bonds is 41. The first kappa shape index (κ1) is 51.4. The first-order valence-electron chi connectivity index (χ1n) is 23.3. The van der Waals surface area contributed by atoms with Crippen molar-refractivity contribution in [2.45, 2.75) is 259 Å². The topological polar surface area (TPSA) is 78.9 Å².